The number of H-pyrrole nitrogens is 1. The number of para-hydroxylation sites is 1. The molecule has 130 valence electrons. The van der Waals surface area contributed by atoms with Crippen LogP contribution in [0, 0.1) is 0 Å². The smallest absolute Gasteiger partial charge is 0.220 e. The highest BCUT2D eigenvalue weighted by Crippen LogP contribution is 2.34. The highest BCUT2D eigenvalue weighted by atomic mass is 16.5. The third-order valence-corrected chi connectivity index (χ3v) is 4.48. The molecule has 0 saturated heterocycles. The van der Waals surface area contributed by atoms with E-state index in [0.717, 1.165) is 34.2 Å². The lowest BCUT2D eigenvalue weighted by Gasteiger charge is -2.17. The minimum Gasteiger partial charge on any atom is -0.497 e. The molecule has 1 amide bonds. The molecule has 0 fully saturated rings. The van der Waals surface area contributed by atoms with Crippen molar-refractivity contribution in [2.24, 2.45) is 0 Å². The van der Waals surface area contributed by atoms with E-state index in [1.54, 1.807) is 7.11 Å². The Bertz CT molecular complexity index is 836. The van der Waals surface area contributed by atoms with Crippen molar-refractivity contribution in [3.63, 3.8) is 0 Å². The van der Waals surface area contributed by atoms with Crippen LogP contribution in [0.4, 0.5) is 0 Å². The fourth-order valence-corrected chi connectivity index (χ4v) is 3.15. The van der Waals surface area contributed by atoms with Crippen LogP contribution in [-0.2, 0) is 4.79 Å². The van der Waals surface area contributed by atoms with Gasteiger partial charge in [0.25, 0.3) is 0 Å². The van der Waals surface area contributed by atoms with Crippen LogP contribution in [-0.4, -0.2) is 24.5 Å². The monoisotopic (exact) mass is 336 g/mol. The fraction of sp³-hybridized carbons (Fsp3) is 0.286. The van der Waals surface area contributed by atoms with Gasteiger partial charge in [-0.15, -0.1) is 0 Å². The lowest BCUT2D eigenvalue weighted by atomic mass is 9.88. The first-order chi connectivity index (χ1) is 12.2. The molecule has 0 spiro atoms. The van der Waals surface area contributed by atoms with Crippen LogP contribution in [0.2, 0.25) is 0 Å². The van der Waals surface area contributed by atoms with Crippen molar-refractivity contribution in [1.82, 2.24) is 10.3 Å². The quantitative estimate of drug-likeness (QED) is 0.678. The standard InChI is InChI=1S/C21H24N2O2/c1-3-12-22-21(24)13-18(15-8-10-16(25-2)11-9-15)19-14-23-20-7-5-4-6-17(19)20/h4-11,14,18,23H,3,12-13H2,1-2H3,(H,22,24)/t18-/m0/s1. The Hall–Kier alpha value is -2.75. The largest absolute Gasteiger partial charge is 0.497 e. The maximum atomic E-state index is 12.4. The number of methoxy groups -OCH3 is 1. The number of fused-ring (bicyclic) bond motifs is 1. The van der Waals surface area contributed by atoms with E-state index in [2.05, 4.69) is 29.4 Å². The highest BCUT2D eigenvalue weighted by molar-refractivity contribution is 5.86. The number of aromatic nitrogens is 1. The van der Waals surface area contributed by atoms with E-state index in [0.29, 0.717) is 13.0 Å². The van der Waals surface area contributed by atoms with Crippen LogP contribution in [0.5, 0.6) is 5.75 Å². The van der Waals surface area contributed by atoms with Gasteiger partial charge in [-0.1, -0.05) is 37.3 Å². The van der Waals surface area contributed by atoms with Crippen LogP contribution in [0.3, 0.4) is 0 Å². The Morgan fingerprint density at radius 3 is 2.64 bits per heavy atom. The fourth-order valence-electron chi connectivity index (χ4n) is 3.15. The number of carbonyl (C=O) groups is 1. The molecule has 4 nitrogen and oxygen atoms in total. The van der Waals surface area contributed by atoms with Crippen molar-refractivity contribution >= 4 is 16.8 Å². The van der Waals surface area contributed by atoms with Crippen molar-refractivity contribution in [1.29, 1.82) is 0 Å². The molecule has 0 bridgehead atoms. The molecule has 0 aliphatic rings. The van der Waals surface area contributed by atoms with Crippen molar-refractivity contribution in [2.75, 3.05) is 13.7 Å². The topological polar surface area (TPSA) is 54.1 Å². The zero-order valence-electron chi connectivity index (χ0n) is 14.7. The average molecular weight is 336 g/mol. The molecule has 2 N–H and O–H groups in total. The minimum absolute atomic E-state index is 0.00101. The lowest BCUT2D eigenvalue weighted by Crippen LogP contribution is -2.26. The second kappa shape index (κ2) is 7.88. The third kappa shape index (κ3) is 3.85. The Balaban J connectivity index is 1.97. The van der Waals surface area contributed by atoms with Crippen LogP contribution in [0.25, 0.3) is 10.9 Å². The van der Waals surface area contributed by atoms with E-state index in [1.807, 2.05) is 42.6 Å². The third-order valence-electron chi connectivity index (χ3n) is 4.48. The number of benzene rings is 2. The number of ether oxygens (including phenoxy) is 1. The summed E-state index contributed by atoms with van der Waals surface area (Å²) >= 11 is 0. The SMILES string of the molecule is CCCNC(=O)C[C@@H](c1ccc(OC)cc1)c1c[nH]c2ccccc12. The Labute approximate surface area is 148 Å². The lowest BCUT2D eigenvalue weighted by molar-refractivity contribution is -0.121. The van der Waals surface area contributed by atoms with Crippen molar-refractivity contribution < 1.29 is 9.53 Å². The predicted molar refractivity (Wildman–Crippen MR) is 101 cm³/mol. The van der Waals surface area contributed by atoms with Crippen LogP contribution in [0.1, 0.15) is 36.8 Å². The summed E-state index contributed by atoms with van der Waals surface area (Å²) in [7, 11) is 1.66. The van der Waals surface area contributed by atoms with Gasteiger partial charge >= 0.3 is 0 Å². The van der Waals surface area contributed by atoms with E-state index in [-0.39, 0.29) is 11.8 Å². The van der Waals surface area contributed by atoms with Gasteiger partial charge in [0.2, 0.25) is 5.91 Å². The summed E-state index contributed by atoms with van der Waals surface area (Å²) in [6.45, 7) is 2.77. The summed E-state index contributed by atoms with van der Waals surface area (Å²) in [5, 5.41) is 4.15. The summed E-state index contributed by atoms with van der Waals surface area (Å²) in [6, 6.07) is 16.2. The van der Waals surface area contributed by atoms with Gasteiger partial charge in [-0.25, -0.2) is 0 Å². The molecule has 3 rings (SSSR count). The molecular formula is C21H24N2O2. The first-order valence-corrected chi connectivity index (χ1v) is 8.69. The molecule has 0 aliphatic carbocycles. The summed E-state index contributed by atoms with van der Waals surface area (Å²) in [4.78, 5) is 15.7. The molecular weight excluding hydrogens is 312 g/mol. The van der Waals surface area contributed by atoms with Crippen molar-refractivity contribution in [2.45, 2.75) is 25.7 Å². The van der Waals surface area contributed by atoms with E-state index < -0.39 is 0 Å². The highest BCUT2D eigenvalue weighted by Gasteiger charge is 2.21. The van der Waals surface area contributed by atoms with Gasteiger partial charge in [-0.05, 0) is 35.7 Å². The number of hydrogen-bond acceptors (Lipinski definition) is 2. The molecule has 1 aromatic heterocycles. The molecule has 0 aliphatic heterocycles. The van der Waals surface area contributed by atoms with Crippen LogP contribution in [0.15, 0.2) is 54.7 Å². The first-order valence-electron chi connectivity index (χ1n) is 8.69. The summed E-state index contributed by atoms with van der Waals surface area (Å²) in [5.74, 6) is 0.892. The molecule has 25 heavy (non-hydrogen) atoms. The Morgan fingerprint density at radius 2 is 1.92 bits per heavy atom. The Kier molecular flexibility index (Phi) is 5.39. The number of amides is 1. The zero-order chi connectivity index (χ0) is 17.6. The number of hydrogen-bond donors (Lipinski definition) is 2. The normalized spacial score (nSPS) is 12.1. The molecule has 4 heteroatoms. The maximum absolute atomic E-state index is 12.4. The second-order valence-corrected chi connectivity index (χ2v) is 6.17. The van der Waals surface area contributed by atoms with Crippen LogP contribution >= 0.6 is 0 Å². The second-order valence-electron chi connectivity index (χ2n) is 6.17. The van der Waals surface area contributed by atoms with Crippen molar-refractivity contribution in [3.8, 4) is 5.75 Å². The van der Waals surface area contributed by atoms with Crippen LogP contribution < -0.4 is 10.1 Å². The molecule has 0 unspecified atom stereocenters. The summed E-state index contributed by atoms with van der Waals surface area (Å²) < 4.78 is 5.26. The first kappa shape index (κ1) is 17.1. The molecule has 1 heterocycles. The molecule has 2 aromatic carbocycles. The zero-order valence-corrected chi connectivity index (χ0v) is 14.7. The van der Waals surface area contributed by atoms with Gasteiger partial charge in [0.05, 0.1) is 7.11 Å². The summed E-state index contributed by atoms with van der Waals surface area (Å²) in [6.07, 6.45) is 3.38. The van der Waals surface area contributed by atoms with Gasteiger partial charge in [-0.3, -0.25) is 4.79 Å². The molecule has 0 radical (unpaired) electrons. The molecule has 0 saturated carbocycles. The van der Waals surface area contributed by atoms with Gasteiger partial charge < -0.3 is 15.0 Å². The average Bonchev–Trinajstić information content (AvgIpc) is 3.08. The maximum Gasteiger partial charge on any atom is 0.220 e. The molecule has 3 aromatic rings. The van der Waals surface area contributed by atoms with Gasteiger partial charge in [0, 0.05) is 36.0 Å². The van der Waals surface area contributed by atoms with E-state index >= 15 is 0 Å². The van der Waals surface area contributed by atoms with Gasteiger partial charge in [0.1, 0.15) is 5.75 Å². The molecule has 1 atom stereocenters. The predicted octanol–water partition coefficient (Wildman–Crippen LogP) is 4.22. The summed E-state index contributed by atoms with van der Waals surface area (Å²) in [5.41, 5.74) is 3.34. The van der Waals surface area contributed by atoms with Gasteiger partial charge in [-0.2, -0.15) is 0 Å². The van der Waals surface area contributed by atoms with E-state index in [4.69, 9.17) is 4.74 Å². The number of rotatable bonds is 7. The van der Waals surface area contributed by atoms with E-state index in [9.17, 15) is 4.79 Å². The van der Waals surface area contributed by atoms with Gasteiger partial charge in [0.15, 0.2) is 0 Å². The minimum atomic E-state index is -0.00101. The van der Waals surface area contributed by atoms with Crippen molar-refractivity contribution in [3.05, 3.63) is 65.9 Å². The number of aromatic amines is 1. The van der Waals surface area contributed by atoms with E-state index in [1.165, 1.54) is 0 Å². The Morgan fingerprint density at radius 1 is 1.16 bits per heavy atom. The number of carbonyl (C=O) groups excluding carboxylic acids is 1. The number of nitrogens with one attached hydrogen (secondary N) is 2.